The molecule has 0 aliphatic carbocycles. The molecule has 9 nitrogen and oxygen atoms in total. The van der Waals surface area contributed by atoms with Crippen molar-refractivity contribution in [2.45, 2.75) is 25.2 Å². The molecule has 11 heteroatoms. The first-order chi connectivity index (χ1) is 11.0. The number of rotatable bonds is 9. The summed E-state index contributed by atoms with van der Waals surface area (Å²) in [5.74, 6) is -0.480. The molecule has 1 aromatic rings. The summed E-state index contributed by atoms with van der Waals surface area (Å²) in [6, 6.07) is 3.89. The zero-order valence-corrected chi connectivity index (χ0v) is 14.7. The van der Waals surface area contributed by atoms with E-state index in [1.54, 1.807) is 0 Å². The van der Waals surface area contributed by atoms with Gasteiger partial charge < -0.3 is 30.6 Å². The Bertz CT molecular complexity index is 626. The van der Waals surface area contributed by atoms with Gasteiger partial charge in [0.05, 0.1) is 12.3 Å². The summed E-state index contributed by atoms with van der Waals surface area (Å²) >= 11 is 0. The van der Waals surface area contributed by atoms with E-state index in [9.17, 15) is 13.9 Å². The number of amides is 1. The molecule has 0 unspecified atom stereocenters. The van der Waals surface area contributed by atoms with Gasteiger partial charge in [0.25, 0.3) is 5.91 Å². The van der Waals surface area contributed by atoms with Gasteiger partial charge in [-0.2, -0.15) is 0 Å². The van der Waals surface area contributed by atoms with Gasteiger partial charge in [-0.1, -0.05) is 6.07 Å². The van der Waals surface area contributed by atoms with Crippen LogP contribution < -0.4 is 11.1 Å². The molecule has 1 aromatic carbocycles. The number of carbonyl (C=O) groups is 1. The molecule has 7 N–H and O–H groups in total. The summed E-state index contributed by atoms with van der Waals surface area (Å²) in [5, 5.41) is 2.63. The summed E-state index contributed by atoms with van der Waals surface area (Å²) in [6.45, 7) is 0.882. The number of benzene rings is 1. The number of unbranched alkanes of at least 4 members (excludes halogenated alkanes) is 1. The van der Waals surface area contributed by atoms with Gasteiger partial charge in [0.15, 0.2) is 0 Å². The highest BCUT2D eigenvalue weighted by atomic mass is 31.2. The molecule has 0 aliphatic heterocycles. The molecule has 1 rings (SSSR count). The zero-order valence-electron chi connectivity index (χ0n) is 13.0. The van der Waals surface area contributed by atoms with Crippen LogP contribution in [0.4, 0.5) is 0 Å². The number of nitrogens with one attached hydrogen (secondary N) is 1. The van der Waals surface area contributed by atoms with E-state index in [4.69, 9.17) is 25.3 Å². The normalized spacial score (nSPS) is 12.2. The van der Waals surface area contributed by atoms with E-state index in [0.29, 0.717) is 19.5 Å². The Kier molecular flexibility index (Phi) is 7.76. The fourth-order valence-corrected chi connectivity index (χ4v) is 3.44. The Hall–Kier alpha value is -1.05. The third kappa shape index (κ3) is 8.70. The van der Waals surface area contributed by atoms with Crippen molar-refractivity contribution in [3.63, 3.8) is 0 Å². The lowest BCUT2D eigenvalue weighted by Crippen LogP contribution is -2.25. The highest BCUT2D eigenvalue weighted by Gasteiger charge is 2.20. The van der Waals surface area contributed by atoms with E-state index >= 15 is 0 Å². The lowest BCUT2D eigenvalue weighted by atomic mass is 10.1. The van der Waals surface area contributed by atoms with Gasteiger partial charge in [0, 0.05) is 12.1 Å². The van der Waals surface area contributed by atoms with Crippen LogP contribution in [0.3, 0.4) is 0 Å². The molecule has 24 heavy (non-hydrogen) atoms. The number of hydrogen-bond donors (Lipinski definition) is 6. The van der Waals surface area contributed by atoms with Gasteiger partial charge in [-0.15, -0.1) is 0 Å². The van der Waals surface area contributed by atoms with Crippen molar-refractivity contribution in [1.82, 2.24) is 5.32 Å². The molecule has 0 heterocycles. The smallest absolute Gasteiger partial charge is 0.329 e. The molecule has 0 bridgehead atoms. The standard InChI is InChI=1S/C13H22N2O7P2/c14-3-1-2-4-15-13(16)12-6-10(8-23(17,18)19)5-11(7-12)9-24(20,21)22/h5-7H,1-4,8-9,14H2,(H,15,16)(H2,17,18,19)(H2,20,21,22). The quantitative estimate of drug-likeness (QED) is 0.266. The third-order valence-electron chi connectivity index (χ3n) is 3.01. The van der Waals surface area contributed by atoms with Crippen LogP contribution in [0.5, 0.6) is 0 Å². The second-order valence-electron chi connectivity index (χ2n) is 5.44. The first kappa shape index (κ1) is 21.0. The minimum absolute atomic E-state index is 0.0946. The molecule has 0 aliphatic rings. The van der Waals surface area contributed by atoms with Crippen molar-refractivity contribution in [3.05, 3.63) is 34.9 Å². The van der Waals surface area contributed by atoms with Gasteiger partial charge in [-0.25, -0.2) is 0 Å². The van der Waals surface area contributed by atoms with Gasteiger partial charge in [0.2, 0.25) is 0 Å². The molecular weight excluding hydrogens is 358 g/mol. The molecule has 0 radical (unpaired) electrons. The minimum atomic E-state index is -4.38. The van der Waals surface area contributed by atoms with Crippen molar-refractivity contribution in [3.8, 4) is 0 Å². The Labute approximate surface area is 139 Å². The largest absolute Gasteiger partial charge is 0.352 e. The SMILES string of the molecule is NCCCCNC(=O)c1cc(CP(=O)(O)O)cc(CP(=O)(O)O)c1. The first-order valence-electron chi connectivity index (χ1n) is 7.20. The molecule has 136 valence electrons. The Morgan fingerprint density at radius 2 is 1.46 bits per heavy atom. The molecule has 0 saturated carbocycles. The Morgan fingerprint density at radius 1 is 0.958 bits per heavy atom. The Balaban J connectivity index is 3.02. The van der Waals surface area contributed by atoms with Gasteiger partial charge in [0.1, 0.15) is 0 Å². The minimum Gasteiger partial charge on any atom is -0.352 e. The van der Waals surface area contributed by atoms with Crippen molar-refractivity contribution in [2.75, 3.05) is 13.1 Å². The predicted octanol–water partition coefficient (Wildman–Crippen LogP) is 0.511. The number of hydrogen-bond acceptors (Lipinski definition) is 4. The van der Waals surface area contributed by atoms with E-state index in [1.165, 1.54) is 18.2 Å². The second kappa shape index (κ2) is 8.87. The summed E-state index contributed by atoms with van der Waals surface area (Å²) in [5.41, 5.74) is 5.73. The van der Waals surface area contributed by atoms with Crippen LogP contribution in [0.1, 0.15) is 34.3 Å². The van der Waals surface area contributed by atoms with Crippen molar-refractivity contribution in [1.29, 1.82) is 0 Å². The molecule has 0 saturated heterocycles. The van der Waals surface area contributed by atoms with Crippen molar-refractivity contribution < 1.29 is 33.5 Å². The van der Waals surface area contributed by atoms with E-state index in [1.807, 2.05) is 0 Å². The van der Waals surface area contributed by atoms with Crippen LogP contribution in [0.15, 0.2) is 18.2 Å². The second-order valence-corrected chi connectivity index (χ2v) is 8.73. The molecule has 1 amide bonds. The van der Waals surface area contributed by atoms with Gasteiger partial charge in [-0.05, 0) is 42.6 Å². The average Bonchev–Trinajstić information content (AvgIpc) is 2.39. The molecule has 0 spiro atoms. The van der Waals surface area contributed by atoms with Crippen LogP contribution in [-0.4, -0.2) is 38.6 Å². The van der Waals surface area contributed by atoms with Crippen molar-refractivity contribution in [2.24, 2.45) is 5.73 Å². The highest BCUT2D eigenvalue weighted by Crippen LogP contribution is 2.42. The molecular formula is C13H22N2O7P2. The number of carbonyl (C=O) groups excluding carboxylic acids is 1. The van der Waals surface area contributed by atoms with E-state index in [-0.39, 0.29) is 16.7 Å². The first-order valence-corrected chi connectivity index (χ1v) is 10.8. The maximum absolute atomic E-state index is 12.1. The van der Waals surface area contributed by atoms with E-state index in [0.717, 1.165) is 6.42 Å². The average molecular weight is 380 g/mol. The summed E-state index contributed by atoms with van der Waals surface area (Å²) < 4.78 is 22.3. The molecule has 0 fully saturated rings. The fraction of sp³-hybridized carbons (Fsp3) is 0.462. The third-order valence-corrected chi connectivity index (χ3v) is 4.56. The van der Waals surface area contributed by atoms with Crippen LogP contribution in [-0.2, 0) is 21.5 Å². The fourth-order valence-electron chi connectivity index (χ4n) is 2.13. The van der Waals surface area contributed by atoms with Gasteiger partial charge in [-0.3, -0.25) is 13.9 Å². The monoisotopic (exact) mass is 380 g/mol. The molecule has 0 atom stereocenters. The zero-order chi connectivity index (χ0) is 18.4. The van der Waals surface area contributed by atoms with E-state index < -0.39 is 33.4 Å². The van der Waals surface area contributed by atoms with Crippen LogP contribution in [0, 0.1) is 0 Å². The topological polar surface area (TPSA) is 170 Å². The maximum atomic E-state index is 12.1. The Morgan fingerprint density at radius 3 is 1.88 bits per heavy atom. The van der Waals surface area contributed by atoms with Crippen LogP contribution in [0.2, 0.25) is 0 Å². The van der Waals surface area contributed by atoms with Crippen LogP contribution >= 0.6 is 15.2 Å². The predicted molar refractivity (Wildman–Crippen MR) is 88.6 cm³/mol. The summed E-state index contributed by atoms with van der Waals surface area (Å²) in [4.78, 5) is 48.4. The van der Waals surface area contributed by atoms with E-state index in [2.05, 4.69) is 5.32 Å². The van der Waals surface area contributed by atoms with Gasteiger partial charge >= 0.3 is 15.2 Å². The lowest BCUT2D eigenvalue weighted by molar-refractivity contribution is 0.0952. The lowest BCUT2D eigenvalue weighted by Gasteiger charge is -2.12. The van der Waals surface area contributed by atoms with Crippen molar-refractivity contribution >= 4 is 21.1 Å². The molecule has 0 aromatic heterocycles. The summed E-state index contributed by atoms with van der Waals surface area (Å²) in [7, 11) is -8.76. The number of nitrogens with two attached hydrogens (primary N) is 1. The van der Waals surface area contributed by atoms with Crippen LogP contribution in [0.25, 0.3) is 0 Å². The maximum Gasteiger partial charge on any atom is 0.329 e. The highest BCUT2D eigenvalue weighted by molar-refractivity contribution is 7.51. The summed E-state index contributed by atoms with van der Waals surface area (Å²) in [6.07, 6.45) is 0.187.